The van der Waals surface area contributed by atoms with E-state index in [1.165, 1.54) is 6.07 Å². The molecule has 98 valence electrons. The van der Waals surface area contributed by atoms with Gasteiger partial charge in [-0.3, -0.25) is 0 Å². The minimum Gasteiger partial charge on any atom is -0.493 e. The summed E-state index contributed by atoms with van der Waals surface area (Å²) in [4.78, 5) is 0. The molecule has 0 radical (unpaired) electrons. The molecule has 0 amide bonds. The lowest BCUT2D eigenvalue weighted by atomic mass is 10.0. The van der Waals surface area contributed by atoms with Crippen molar-refractivity contribution in [2.75, 3.05) is 11.9 Å². The van der Waals surface area contributed by atoms with Crippen LogP contribution in [0.2, 0.25) is 0 Å². The van der Waals surface area contributed by atoms with E-state index >= 15 is 0 Å². The van der Waals surface area contributed by atoms with Gasteiger partial charge in [-0.25, -0.2) is 4.39 Å². The van der Waals surface area contributed by atoms with Crippen LogP contribution >= 0.6 is 15.9 Å². The number of fused-ring (bicyclic) bond motifs is 1. The zero-order valence-electron chi connectivity index (χ0n) is 10.2. The van der Waals surface area contributed by atoms with E-state index in [4.69, 9.17) is 4.74 Å². The van der Waals surface area contributed by atoms with Gasteiger partial charge in [0.15, 0.2) is 0 Å². The maximum absolute atomic E-state index is 13.7. The van der Waals surface area contributed by atoms with E-state index in [0.29, 0.717) is 12.3 Å². The molecule has 1 heterocycles. The normalized spacial score (nSPS) is 17.5. The summed E-state index contributed by atoms with van der Waals surface area (Å²) in [6.45, 7) is 0.640. The van der Waals surface area contributed by atoms with Gasteiger partial charge < -0.3 is 10.1 Å². The molecule has 3 rings (SSSR count). The molecule has 1 N–H and O–H groups in total. The van der Waals surface area contributed by atoms with E-state index in [2.05, 4.69) is 21.2 Å². The van der Waals surface area contributed by atoms with Gasteiger partial charge in [0.1, 0.15) is 11.6 Å². The number of halogens is 2. The van der Waals surface area contributed by atoms with Crippen molar-refractivity contribution in [3.8, 4) is 5.75 Å². The summed E-state index contributed by atoms with van der Waals surface area (Å²) < 4.78 is 20.3. The molecule has 0 aromatic heterocycles. The highest BCUT2D eigenvalue weighted by atomic mass is 79.9. The van der Waals surface area contributed by atoms with Gasteiger partial charge in [-0.1, -0.05) is 28.1 Å². The average Bonchev–Trinajstić information content (AvgIpc) is 2.42. The SMILES string of the molecule is Fc1ccccc1NC1CCOc2ccc(Br)cc21. The fourth-order valence-electron chi connectivity index (χ4n) is 2.28. The van der Waals surface area contributed by atoms with Crippen LogP contribution in [0.5, 0.6) is 5.75 Å². The molecule has 2 aromatic carbocycles. The second kappa shape index (κ2) is 5.21. The quantitative estimate of drug-likeness (QED) is 0.877. The molecule has 0 saturated heterocycles. The molecular weight excluding hydrogens is 309 g/mol. The van der Waals surface area contributed by atoms with Crippen molar-refractivity contribution < 1.29 is 9.13 Å². The third kappa shape index (κ3) is 2.59. The highest BCUT2D eigenvalue weighted by molar-refractivity contribution is 9.10. The number of benzene rings is 2. The number of ether oxygens (including phenoxy) is 1. The number of rotatable bonds is 2. The van der Waals surface area contributed by atoms with Gasteiger partial charge >= 0.3 is 0 Å². The predicted molar refractivity (Wildman–Crippen MR) is 77.0 cm³/mol. The molecule has 0 aliphatic carbocycles. The second-order valence-electron chi connectivity index (χ2n) is 4.50. The van der Waals surface area contributed by atoms with Crippen LogP contribution < -0.4 is 10.1 Å². The van der Waals surface area contributed by atoms with Gasteiger partial charge in [0.05, 0.1) is 18.3 Å². The number of para-hydroxylation sites is 1. The second-order valence-corrected chi connectivity index (χ2v) is 5.41. The Morgan fingerprint density at radius 1 is 1.21 bits per heavy atom. The van der Waals surface area contributed by atoms with Crippen molar-refractivity contribution in [1.29, 1.82) is 0 Å². The lowest BCUT2D eigenvalue weighted by Crippen LogP contribution is -2.20. The predicted octanol–water partition coefficient (Wildman–Crippen LogP) is 4.52. The lowest BCUT2D eigenvalue weighted by molar-refractivity contribution is 0.274. The van der Waals surface area contributed by atoms with Crippen LogP contribution in [0.3, 0.4) is 0 Å². The first-order valence-corrected chi connectivity index (χ1v) is 6.96. The van der Waals surface area contributed by atoms with E-state index < -0.39 is 0 Å². The molecule has 1 aliphatic heterocycles. The monoisotopic (exact) mass is 321 g/mol. The van der Waals surface area contributed by atoms with Gasteiger partial charge in [0.2, 0.25) is 0 Å². The first kappa shape index (κ1) is 12.5. The van der Waals surface area contributed by atoms with Gasteiger partial charge in [0, 0.05) is 16.5 Å². The fraction of sp³-hybridized carbons (Fsp3) is 0.200. The highest BCUT2D eigenvalue weighted by Gasteiger charge is 2.22. The summed E-state index contributed by atoms with van der Waals surface area (Å²) in [5.41, 5.74) is 1.59. The Morgan fingerprint density at radius 3 is 2.89 bits per heavy atom. The third-order valence-corrected chi connectivity index (χ3v) is 3.71. The molecule has 1 unspecified atom stereocenters. The first-order valence-electron chi connectivity index (χ1n) is 6.17. The Labute approximate surface area is 119 Å². The number of hydrogen-bond donors (Lipinski definition) is 1. The Hall–Kier alpha value is -1.55. The minimum atomic E-state index is -0.231. The van der Waals surface area contributed by atoms with Gasteiger partial charge in [0.25, 0.3) is 0 Å². The van der Waals surface area contributed by atoms with Gasteiger partial charge in [-0.15, -0.1) is 0 Å². The number of hydrogen-bond acceptors (Lipinski definition) is 2. The maximum Gasteiger partial charge on any atom is 0.146 e. The Morgan fingerprint density at radius 2 is 2.05 bits per heavy atom. The molecule has 2 nitrogen and oxygen atoms in total. The molecule has 0 bridgehead atoms. The van der Waals surface area contributed by atoms with Crippen molar-refractivity contribution in [1.82, 2.24) is 0 Å². The topological polar surface area (TPSA) is 21.3 Å². The van der Waals surface area contributed by atoms with Crippen molar-refractivity contribution in [2.45, 2.75) is 12.5 Å². The molecule has 1 atom stereocenters. The van der Waals surface area contributed by atoms with E-state index in [1.54, 1.807) is 12.1 Å². The molecule has 4 heteroatoms. The van der Waals surface area contributed by atoms with E-state index in [1.807, 2.05) is 24.3 Å². The summed E-state index contributed by atoms with van der Waals surface area (Å²) in [6.07, 6.45) is 0.817. The molecule has 2 aromatic rings. The van der Waals surface area contributed by atoms with Crippen LogP contribution in [-0.2, 0) is 0 Å². The first-order chi connectivity index (χ1) is 9.24. The van der Waals surface area contributed by atoms with E-state index in [0.717, 1.165) is 22.2 Å². The molecule has 0 fully saturated rings. The van der Waals surface area contributed by atoms with E-state index in [-0.39, 0.29) is 11.9 Å². The zero-order chi connectivity index (χ0) is 13.2. The number of anilines is 1. The molecular formula is C15H13BrFNO. The van der Waals surface area contributed by atoms with Gasteiger partial charge in [-0.05, 0) is 30.3 Å². The summed E-state index contributed by atoms with van der Waals surface area (Å²) in [5.74, 6) is 0.633. The van der Waals surface area contributed by atoms with Crippen molar-refractivity contribution in [2.24, 2.45) is 0 Å². The fourth-order valence-corrected chi connectivity index (χ4v) is 2.66. The van der Waals surface area contributed by atoms with Crippen molar-refractivity contribution in [3.05, 3.63) is 58.3 Å². The largest absolute Gasteiger partial charge is 0.493 e. The Bertz CT molecular complexity index is 602. The molecule has 1 aliphatic rings. The molecule has 0 saturated carbocycles. The van der Waals surface area contributed by atoms with Crippen LogP contribution in [0.15, 0.2) is 46.9 Å². The third-order valence-electron chi connectivity index (χ3n) is 3.21. The van der Waals surface area contributed by atoms with Crippen LogP contribution in [0.4, 0.5) is 10.1 Å². The summed E-state index contributed by atoms with van der Waals surface area (Å²) in [6, 6.07) is 12.7. The van der Waals surface area contributed by atoms with Crippen LogP contribution in [0, 0.1) is 5.82 Å². The molecule has 0 spiro atoms. The Balaban J connectivity index is 1.92. The average molecular weight is 322 g/mol. The van der Waals surface area contributed by atoms with Crippen molar-refractivity contribution in [3.63, 3.8) is 0 Å². The standard InChI is InChI=1S/C15H13BrFNO/c16-10-5-6-15-11(9-10)13(7-8-19-15)18-14-4-2-1-3-12(14)17/h1-6,9,13,18H,7-8H2. The van der Waals surface area contributed by atoms with Gasteiger partial charge in [-0.2, -0.15) is 0 Å². The summed E-state index contributed by atoms with van der Waals surface area (Å²) in [5, 5.41) is 3.26. The maximum atomic E-state index is 13.7. The van der Waals surface area contributed by atoms with Crippen LogP contribution in [-0.4, -0.2) is 6.61 Å². The Kier molecular flexibility index (Phi) is 3.42. The summed E-state index contributed by atoms with van der Waals surface area (Å²) in [7, 11) is 0. The van der Waals surface area contributed by atoms with Crippen molar-refractivity contribution >= 4 is 21.6 Å². The highest BCUT2D eigenvalue weighted by Crippen LogP contribution is 2.36. The minimum absolute atomic E-state index is 0.0677. The summed E-state index contributed by atoms with van der Waals surface area (Å²) >= 11 is 3.46. The number of nitrogens with one attached hydrogen (secondary N) is 1. The molecule has 19 heavy (non-hydrogen) atoms. The zero-order valence-corrected chi connectivity index (χ0v) is 11.8. The van der Waals surface area contributed by atoms with E-state index in [9.17, 15) is 4.39 Å². The van der Waals surface area contributed by atoms with Crippen LogP contribution in [0.1, 0.15) is 18.0 Å². The van der Waals surface area contributed by atoms with Crippen LogP contribution in [0.25, 0.3) is 0 Å². The smallest absolute Gasteiger partial charge is 0.146 e. The lowest BCUT2D eigenvalue weighted by Gasteiger charge is -2.27.